The molecule has 0 atom stereocenters. The summed E-state index contributed by atoms with van der Waals surface area (Å²) in [6, 6.07) is 12.3. The molecule has 3 rings (SSSR count). The normalized spacial score (nSPS) is 17.7. The van der Waals surface area contributed by atoms with E-state index in [0.29, 0.717) is 0 Å². The van der Waals surface area contributed by atoms with Gasteiger partial charge in [-0.3, -0.25) is 0 Å². The topological polar surface area (TPSA) is 49.6 Å². The van der Waals surface area contributed by atoms with Crippen molar-refractivity contribution in [1.29, 1.82) is 5.26 Å². The van der Waals surface area contributed by atoms with Crippen molar-refractivity contribution in [2.45, 2.75) is 24.7 Å². The number of nitriles is 1. The molecule has 1 aliphatic carbocycles. The van der Waals surface area contributed by atoms with Crippen LogP contribution in [0.25, 0.3) is 10.9 Å². The third-order valence-electron chi connectivity index (χ3n) is 3.41. The van der Waals surface area contributed by atoms with E-state index < -0.39 is 0 Å². The zero-order chi connectivity index (χ0) is 11.0. The molecule has 16 heavy (non-hydrogen) atoms. The molecular weight excluding hydrogens is 198 g/mol. The Kier molecular flexibility index (Phi) is 1.90. The Labute approximate surface area is 93.7 Å². The molecule has 0 bridgehead atoms. The quantitative estimate of drug-likeness (QED) is 0.725. The monoisotopic (exact) mass is 209 g/mol. The van der Waals surface area contributed by atoms with Crippen molar-refractivity contribution in [2.75, 3.05) is 0 Å². The standard InChI is InChI=1S/C13H11N3/c14-9-13(6-3-7-13)12-8-10-4-1-2-5-11(10)15-16-12/h1-2,4-5,8H,3,6-7H2. The zero-order valence-electron chi connectivity index (χ0n) is 8.85. The van der Waals surface area contributed by atoms with E-state index in [1.54, 1.807) is 0 Å². The molecule has 2 aromatic rings. The van der Waals surface area contributed by atoms with Gasteiger partial charge in [0.05, 0.1) is 17.3 Å². The smallest absolute Gasteiger partial charge is 0.101 e. The largest absolute Gasteiger partial charge is 0.197 e. The van der Waals surface area contributed by atoms with Crippen molar-refractivity contribution in [3.63, 3.8) is 0 Å². The summed E-state index contributed by atoms with van der Waals surface area (Å²) in [5.41, 5.74) is 1.36. The Hall–Kier alpha value is -1.95. The Morgan fingerprint density at radius 2 is 2.00 bits per heavy atom. The second-order valence-corrected chi connectivity index (χ2v) is 4.34. The lowest BCUT2D eigenvalue weighted by molar-refractivity contribution is 0.314. The SMILES string of the molecule is N#CC1(c2cc3ccccc3nn2)CCC1. The molecule has 1 aromatic heterocycles. The van der Waals surface area contributed by atoms with Crippen LogP contribution in [0.1, 0.15) is 25.0 Å². The van der Waals surface area contributed by atoms with Crippen LogP contribution in [0.15, 0.2) is 30.3 Å². The summed E-state index contributed by atoms with van der Waals surface area (Å²) in [5.74, 6) is 0. The summed E-state index contributed by atoms with van der Waals surface area (Å²) in [6.07, 6.45) is 2.94. The van der Waals surface area contributed by atoms with Crippen LogP contribution in [0, 0.1) is 11.3 Å². The molecule has 1 fully saturated rings. The third-order valence-corrected chi connectivity index (χ3v) is 3.41. The average molecular weight is 209 g/mol. The number of hydrogen-bond donors (Lipinski definition) is 0. The highest BCUT2D eigenvalue weighted by Crippen LogP contribution is 2.42. The van der Waals surface area contributed by atoms with E-state index in [0.717, 1.165) is 35.9 Å². The summed E-state index contributed by atoms with van der Waals surface area (Å²) in [4.78, 5) is 0. The van der Waals surface area contributed by atoms with Crippen LogP contribution in [0.2, 0.25) is 0 Å². The lowest BCUT2D eigenvalue weighted by Crippen LogP contribution is -2.33. The van der Waals surface area contributed by atoms with E-state index in [9.17, 15) is 5.26 Å². The molecular formula is C13H11N3. The molecule has 1 aliphatic rings. The van der Waals surface area contributed by atoms with E-state index in [1.165, 1.54) is 0 Å². The summed E-state index contributed by atoms with van der Waals surface area (Å²) in [7, 11) is 0. The van der Waals surface area contributed by atoms with Crippen LogP contribution in [0.4, 0.5) is 0 Å². The van der Waals surface area contributed by atoms with E-state index >= 15 is 0 Å². The molecule has 3 nitrogen and oxygen atoms in total. The fourth-order valence-corrected chi connectivity index (χ4v) is 2.17. The van der Waals surface area contributed by atoms with Gasteiger partial charge < -0.3 is 0 Å². The van der Waals surface area contributed by atoms with Gasteiger partial charge in [-0.25, -0.2) is 0 Å². The first-order valence-corrected chi connectivity index (χ1v) is 5.48. The van der Waals surface area contributed by atoms with E-state index in [1.807, 2.05) is 30.3 Å². The third kappa shape index (κ3) is 1.20. The van der Waals surface area contributed by atoms with Crippen LogP contribution in [-0.4, -0.2) is 10.2 Å². The average Bonchev–Trinajstić information content (AvgIpc) is 2.28. The lowest BCUT2D eigenvalue weighted by Gasteiger charge is -2.33. The summed E-state index contributed by atoms with van der Waals surface area (Å²) in [6.45, 7) is 0. The Morgan fingerprint density at radius 3 is 2.69 bits per heavy atom. The van der Waals surface area contributed by atoms with E-state index in [4.69, 9.17) is 0 Å². The molecule has 1 saturated carbocycles. The summed E-state index contributed by atoms with van der Waals surface area (Å²) >= 11 is 0. The van der Waals surface area contributed by atoms with Gasteiger partial charge in [0.1, 0.15) is 5.41 Å². The molecule has 78 valence electrons. The predicted octanol–water partition coefficient (Wildman–Crippen LogP) is 2.58. The first-order valence-electron chi connectivity index (χ1n) is 5.48. The van der Waals surface area contributed by atoms with E-state index in [-0.39, 0.29) is 5.41 Å². The van der Waals surface area contributed by atoms with Crippen molar-refractivity contribution in [3.05, 3.63) is 36.0 Å². The molecule has 1 aromatic carbocycles. The Morgan fingerprint density at radius 1 is 1.19 bits per heavy atom. The van der Waals surface area contributed by atoms with E-state index in [2.05, 4.69) is 16.3 Å². The number of rotatable bonds is 1. The number of fused-ring (bicyclic) bond motifs is 1. The summed E-state index contributed by atoms with van der Waals surface area (Å²) in [5, 5.41) is 18.7. The van der Waals surface area contributed by atoms with Gasteiger partial charge in [0.25, 0.3) is 0 Å². The first-order chi connectivity index (χ1) is 7.84. The van der Waals surface area contributed by atoms with Gasteiger partial charge in [-0.1, -0.05) is 18.2 Å². The van der Waals surface area contributed by atoms with Gasteiger partial charge in [0, 0.05) is 5.39 Å². The fourth-order valence-electron chi connectivity index (χ4n) is 2.17. The molecule has 0 amide bonds. The molecule has 0 N–H and O–H groups in total. The van der Waals surface area contributed by atoms with Crippen LogP contribution in [0.3, 0.4) is 0 Å². The molecule has 0 radical (unpaired) electrons. The first kappa shape index (κ1) is 9.29. The molecule has 3 heteroatoms. The minimum Gasteiger partial charge on any atom is -0.197 e. The van der Waals surface area contributed by atoms with Gasteiger partial charge >= 0.3 is 0 Å². The second-order valence-electron chi connectivity index (χ2n) is 4.34. The van der Waals surface area contributed by atoms with Crippen LogP contribution >= 0.6 is 0 Å². The number of aromatic nitrogens is 2. The fraction of sp³-hybridized carbons (Fsp3) is 0.308. The minimum absolute atomic E-state index is 0.364. The minimum atomic E-state index is -0.364. The maximum Gasteiger partial charge on any atom is 0.101 e. The van der Waals surface area contributed by atoms with Crippen molar-refractivity contribution in [1.82, 2.24) is 10.2 Å². The predicted molar refractivity (Wildman–Crippen MR) is 60.7 cm³/mol. The van der Waals surface area contributed by atoms with Crippen LogP contribution in [0.5, 0.6) is 0 Å². The van der Waals surface area contributed by atoms with Crippen molar-refractivity contribution in [3.8, 4) is 6.07 Å². The molecule has 0 unspecified atom stereocenters. The van der Waals surface area contributed by atoms with Gasteiger partial charge in [-0.05, 0) is 31.4 Å². The molecule has 0 spiro atoms. The zero-order valence-corrected chi connectivity index (χ0v) is 8.85. The molecule has 1 heterocycles. The summed E-state index contributed by atoms with van der Waals surface area (Å²) < 4.78 is 0. The second kappa shape index (κ2) is 3.28. The van der Waals surface area contributed by atoms with Gasteiger partial charge in [0.15, 0.2) is 0 Å². The van der Waals surface area contributed by atoms with Crippen molar-refractivity contribution < 1.29 is 0 Å². The number of benzene rings is 1. The Balaban J connectivity index is 2.16. The van der Waals surface area contributed by atoms with Gasteiger partial charge in [-0.15, -0.1) is 0 Å². The maximum atomic E-state index is 9.24. The molecule has 0 aliphatic heterocycles. The highest BCUT2D eigenvalue weighted by atomic mass is 15.1. The van der Waals surface area contributed by atoms with Crippen molar-refractivity contribution in [2.24, 2.45) is 0 Å². The Bertz CT molecular complexity index is 579. The molecule has 0 saturated heterocycles. The lowest BCUT2D eigenvalue weighted by atomic mass is 9.67. The number of nitrogens with zero attached hydrogens (tertiary/aromatic N) is 3. The van der Waals surface area contributed by atoms with Gasteiger partial charge in [-0.2, -0.15) is 15.5 Å². The highest BCUT2D eigenvalue weighted by molar-refractivity contribution is 5.78. The van der Waals surface area contributed by atoms with Crippen molar-refractivity contribution >= 4 is 10.9 Å². The van der Waals surface area contributed by atoms with Crippen LogP contribution in [-0.2, 0) is 5.41 Å². The highest BCUT2D eigenvalue weighted by Gasteiger charge is 2.40. The number of hydrogen-bond acceptors (Lipinski definition) is 3. The maximum absolute atomic E-state index is 9.24. The van der Waals surface area contributed by atoms with Crippen LogP contribution < -0.4 is 0 Å². The van der Waals surface area contributed by atoms with Gasteiger partial charge in [0.2, 0.25) is 0 Å².